The molecule has 1 amide bonds. The predicted molar refractivity (Wildman–Crippen MR) is 122 cm³/mol. The standard InChI is InChI=1S/C26H30FN3O2/c27-24-8-6-22(7-9-24)23-5-3-4-21(18-23)19-26(10-16-32-17-11-26)25(31)29-12-1-2-14-30-15-13-28-20-30/h3-9,13,15,18,20H,1-2,10-12,14,16-17,19H2,(H,29,31). The third-order valence-corrected chi connectivity index (χ3v) is 6.27. The molecule has 4 rings (SSSR count). The van der Waals surface area contributed by atoms with Crippen LogP contribution in [-0.4, -0.2) is 35.2 Å². The highest BCUT2D eigenvalue weighted by Gasteiger charge is 2.39. The zero-order valence-corrected chi connectivity index (χ0v) is 18.3. The third-order valence-electron chi connectivity index (χ3n) is 6.27. The number of benzene rings is 2. The summed E-state index contributed by atoms with van der Waals surface area (Å²) >= 11 is 0. The van der Waals surface area contributed by atoms with Gasteiger partial charge in [0.25, 0.3) is 0 Å². The highest BCUT2D eigenvalue weighted by atomic mass is 19.1. The van der Waals surface area contributed by atoms with Crippen LogP contribution in [-0.2, 0) is 22.5 Å². The minimum absolute atomic E-state index is 0.121. The van der Waals surface area contributed by atoms with Crippen molar-refractivity contribution in [3.8, 4) is 11.1 Å². The molecule has 2 heterocycles. The van der Waals surface area contributed by atoms with E-state index in [-0.39, 0.29) is 11.7 Å². The second-order valence-electron chi connectivity index (χ2n) is 8.54. The fourth-order valence-corrected chi connectivity index (χ4v) is 4.37. The number of nitrogens with one attached hydrogen (secondary N) is 1. The lowest BCUT2D eigenvalue weighted by atomic mass is 9.74. The van der Waals surface area contributed by atoms with Gasteiger partial charge in [0.05, 0.1) is 11.7 Å². The highest BCUT2D eigenvalue weighted by Crippen LogP contribution is 2.35. The van der Waals surface area contributed by atoms with Gasteiger partial charge in [-0.3, -0.25) is 4.79 Å². The summed E-state index contributed by atoms with van der Waals surface area (Å²) in [6.45, 7) is 2.79. The first kappa shape index (κ1) is 22.2. The number of unbranched alkanes of at least 4 members (excludes halogenated alkanes) is 1. The molecule has 0 aliphatic carbocycles. The number of rotatable bonds is 9. The van der Waals surface area contributed by atoms with Crippen LogP contribution in [0.4, 0.5) is 4.39 Å². The molecule has 0 radical (unpaired) electrons. The predicted octanol–water partition coefficient (Wildman–Crippen LogP) is 4.63. The van der Waals surface area contributed by atoms with Gasteiger partial charge in [0.15, 0.2) is 0 Å². The normalized spacial score (nSPS) is 15.4. The Labute approximate surface area is 188 Å². The van der Waals surface area contributed by atoms with Crippen molar-refractivity contribution < 1.29 is 13.9 Å². The van der Waals surface area contributed by atoms with Crippen LogP contribution in [0.5, 0.6) is 0 Å². The van der Waals surface area contributed by atoms with Gasteiger partial charge in [-0.05, 0) is 60.9 Å². The van der Waals surface area contributed by atoms with E-state index in [0.717, 1.165) is 36.1 Å². The van der Waals surface area contributed by atoms with Crippen molar-refractivity contribution in [2.75, 3.05) is 19.8 Å². The molecule has 0 spiro atoms. The van der Waals surface area contributed by atoms with Crippen molar-refractivity contribution >= 4 is 5.91 Å². The highest BCUT2D eigenvalue weighted by molar-refractivity contribution is 5.83. The van der Waals surface area contributed by atoms with E-state index in [2.05, 4.69) is 27.0 Å². The maximum atomic E-state index is 13.3. The molecule has 0 saturated carbocycles. The first-order chi connectivity index (χ1) is 15.6. The molecule has 1 saturated heterocycles. The Bertz CT molecular complexity index is 996. The summed E-state index contributed by atoms with van der Waals surface area (Å²) in [5.74, 6) is -0.122. The van der Waals surface area contributed by atoms with Crippen LogP contribution in [0, 0.1) is 11.2 Å². The SMILES string of the molecule is O=C(NCCCCn1ccnc1)C1(Cc2cccc(-c3ccc(F)cc3)c2)CCOCC1. The molecule has 1 aliphatic heterocycles. The molecule has 6 heteroatoms. The Morgan fingerprint density at radius 3 is 2.66 bits per heavy atom. The molecule has 1 fully saturated rings. The van der Waals surface area contributed by atoms with Crippen molar-refractivity contribution in [2.24, 2.45) is 5.41 Å². The summed E-state index contributed by atoms with van der Waals surface area (Å²) in [5.41, 5.74) is 2.66. The molecule has 0 unspecified atom stereocenters. The Morgan fingerprint density at radius 2 is 1.91 bits per heavy atom. The Hall–Kier alpha value is -2.99. The maximum Gasteiger partial charge on any atom is 0.226 e. The van der Waals surface area contributed by atoms with E-state index in [1.165, 1.54) is 12.1 Å². The number of carbonyl (C=O) groups excluding carboxylic acids is 1. The molecule has 2 aromatic carbocycles. The zero-order valence-electron chi connectivity index (χ0n) is 18.3. The molecular formula is C26H30FN3O2. The van der Waals surface area contributed by atoms with Crippen LogP contribution in [0.2, 0.25) is 0 Å². The van der Waals surface area contributed by atoms with Gasteiger partial charge in [0, 0.05) is 38.7 Å². The number of aryl methyl sites for hydroxylation is 1. The van der Waals surface area contributed by atoms with Crippen LogP contribution < -0.4 is 5.32 Å². The van der Waals surface area contributed by atoms with Crippen molar-refractivity contribution in [3.63, 3.8) is 0 Å². The minimum atomic E-state index is -0.454. The van der Waals surface area contributed by atoms with E-state index in [1.54, 1.807) is 18.3 Å². The Balaban J connectivity index is 1.39. The fraction of sp³-hybridized carbons (Fsp3) is 0.385. The molecule has 3 aromatic rings. The zero-order chi connectivity index (χ0) is 22.2. The van der Waals surface area contributed by atoms with Gasteiger partial charge in [0.1, 0.15) is 5.82 Å². The number of aromatic nitrogens is 2. The molecule has 5 nitrogen and oxygen atoms in total. The lowest BCUT2D eigenvalue weighted by Crippen LogP contribution is -2.46. The Kier molecular flexibility index (Phi) is 7.32. The second kappa shape index (κ2) is 10.6. The van der Waals surface area contributed by atoms with Gasteiger partial charge in [-0.25, -0.2) is 9.37 Å². The van der Waals surface area contributed by atoms with E-state index >= 15 is 0 Å². The van der Waals surface area contributed by atoms with Crippen LogP contribution >= 0.6 is 0 Å². The average Bonchev–Trinajstić information content (AvgIpc) is 3.33. The fourth-order valence-electron chi connectivity index (χ4n) is 4.37. The number of hydrogen-bond acceptors (Lipinski definition) is 3. The topological polar surface area (TPSA) is 56.2 Å². The monoisotopic (exact) mass is 435 g/mol. The summed E-state index contributed by atoms with van der Waals surface area (Å²) in [6.07, 6.45) is 9.58. The number of nitrogens with zero attached hydrogens (tertiary/aromatic N) is 2. The van der Waals surface area contributed by atoms with Crippen molar-refractivity contribution in [1.29, 1.82) is 0 Å². The molecule has 0 atom stereocenters. The number of carbonyl (C=O) groups is 1. The quantitative estimate of drug-likeness (QED) is 0.499. The molecule has 0 bridgehead atoms. The first-order valence-corrected chi connectivity index (χ1v) is 11.3. The summed E-state index contributed by atoms with van der Waals surface area (Å²) < 4.78 is 20.9. The summed E-state index contributed by atoms with van der Waals surface area (Å²) in [7, 11) is 0. The number of amides is 1. The van der Waals surface area contributed by atoms with Crippen molar-refractivity contribution in [3.05, 3.63) is 78.6 Å². The van der Waals surface area contributed by atoms with Crippen LogP contribution in [0.15, 0.2) is 67.3 Å². The van der Waals surface area contributed by atoms with E-state index < -0.39 is 5.41 Å². The minimum Gasteiger partial charge on any atom is -0.381 e. The molecule has 1 aromatic heterocycles. The number of hydrogen-bond donors (Lipinski definition) is 1. The van der Waals surface area contributed by atoms with Crippen LogP contribution in [0.25, 0.3) is 11.1 Å². The van der Waals surface area contributed by atoms with Gasteiger partial charge in [-0.15, -0.1) is 0 Å². The van der Waals surface area contributed by atoms with Crippen LogP contribution in [0.3, 0.4) is 0 Å². The van der Waals surface area contributed by atoms with Gasteiger partial charge in [-0.1, -0.05) is 36.4 Å². The second-order valence-corrected chi connectivity index (χ2v) is 8.54. The van der Waals surface area contributed by atoms with E-state index in [0.29, 0.717) is 39.0 Å². The molecule has 1 N–H and O–H groups in total. The number of ether oxygens (including phenoxy) is 1. The smallest absolute Gasteiger partial charge is 0.226 e. The first-order valence-electron chi connectivity index (χ1n) is 11.3. The largest absolute Gasteiger partial charge is 0.381 e. The lowest BCUT2D eigenvalue weighted by molar-refractivity contribution is -0.136. The number of imidazole rings is 1. The molecule has 168 valence electrons. The van der Waals surface area contributed by atoms with E-state index in [4.69, 9.17) is 4.74 Å². The Morgan fingerprint density at radius 1 is 1.09 bits per heavy atom. The molecule has 32 heavy (non-hydrogen) atoms. The van der Waals surface area contributed by atoms with Gasteiger partial charge >= 0.3 is 0 Å². The van der Waals surface area contributed by atoms with Crippen LogP contribution in [0.1, 0.15) is 31.2 Å². The lowest BCUT2D eigenvalue weighted by Gasteiger charge is -2.36. The summed E-state index contributed by atoms with van der Waals surface area (Å²) in [4.78, 5) is 17.3. The summed E-state index contributed by atoms with van der Waals surface area (Å²) in [5, 5.41) is 3.19. The van der Waals surface area contributed by atoms with Gasteiger partial charge < -0.3 is 14.6 Å². The average molecular weight is 436 g/mol. The third kappa shape index (κ3) is 5.62. The maximum absolute atomic E-state index is 13.3. The van der Waals surface area contributed by atoms with Crippen molar-refractivity contribution in [2.45, 2.75) is 38.6 Å². The van der Waals surface area contributed by atoms with Gasteiger partial charge in [0.2, 0.25) is 5.91 Å². The molecule has 1 aliphatic rings. The van der Waals surface area contributed by atoms with E-state index in [9.17, 15) is 9.18 Å². The van der Waals surface area contributed by atoms with Gasteiger partial charge in [-0.2, -0.15) is 0 Å². The number of halogens is 1. The van der Waals surface area contributed by atoms with Crippen molar-refractivity contribution in [1.82, 2.24) is 14.9 Å². The van der Waals surface area contributed by atoms with E-state index in [1.807, 2.05) is 24.7 Å². The summed E-state index contributed by atoms with van der Waals surface area (Å²) in [6, 6.07) is 14.7. The molecular weight excluding hydrogens is 405 g/mol.